The van der Waals surface area contributed by atoms with Crippen LogP contribution in [-0.4, -0.2) is 66.1 Å². The maximum absolute atomic E-state index is 14.2. The van der Waals surface area contributed by atoms with Crippen LogP contribution in [0, 0.1) is 19.8 Å². The maximum atomic E-state index is 14.2. The number of carbonyl (C=O) groups excluding carboxylic acids is 2. The molecule has 45 heavy (non-hydrogen) atoms. The van der Waals surface area contributed by atoms with Gasteiger partial charge in [-0.3, -0.25) is 14.5 Å². The Morgan fingerprint density at radius 1 is 0.978 bits per heavy atom. The maximum Gasteiger partial charge on any atom is 0.242 e. The number of hydrogen-bond donors (Lipinski definition) is 0. The number of hydrogen-bond acceptors (Lipinski definition) is 6. The van der Waals surface area contributed by atoms with Gasteiger partial charge in [-0.15, -0.1) is 11.8 Å². The Morgan fingerprint density at radius 2 is 1.73 bits per heavy atom. The lowest BCUT2D eigenvalue weighted by molar-refractivity contribution is -0.132. The number of piperidine rings is 1. The van der Waals surface area contributed by atoms with E-state index in [2.05, 4.69) is 32.9 Å². The SMILES string of the molecule is COc1ccc(OC)c(C2SCC(=O)N(CC(=O)N3CCC(C)CC3)c3c2c(-c2ccccc2)nn3-c2ccc(C)cc2C)c1. The Labute approximate surface area is 269 Å². The molecule has 1 fully saturated rings. The summed E-state index contributed by atoms with van der Waals surface area (Å²) in [6.45, 7) is 7.71. The Bertz CT molecular complexity index is 1710. The molecule has 0 saturated carbocycles. The second-order valence-electron chi connectivity index (χ2n) is 12.0. The van der Waals surface area contributed by atoms with Crippen LogP contribution in [0.5, 0.6) is 11.5 Å². The third-order valence-electron chi connectivity index (χ3n) is 8.87. The molecule has 9 heteroatoms. The fourth-order valence-corrected chi connectivity index (χ4v) is 7.54. The molecule has 2 amide bonds. The van der Waals surface area contributed by atoms with Gasteiger partial charge in [0.05, 0.1) is 36.6 Å². The number of fused-ring (bicyclic) bond motifs is 1. The van der Waals surface area contributed by atoms with E-state index in [1.165, 1.54) is 11.8 Å². The molecule has 2 aliphatic heterocycles. The average Bonchev–Trinajstić information content (AvgIpc) is 3.37. The standard InChI is InChI=1S/C36H40N4O4S/c1-23-15-17-38(18-16-23)31(41)21-39-32(42)22-45-35(28-20-27(43-4)12-14-30(28)44-5)33-34(26-9-7-6-8-10-26)37-40(36(33)39)29-13-11-24(2)19-25(29)3/h6-14,19-20,23,35H,15-18,21-22H2,1-5H3. The molecule has 1 aromatic heterocycles. The number of benzene rings is 3. The Balaban J connectivity index is 1.61. The summed E-state index contributed by atoms with van der Waals surface area (Å²) in [5.74, 6) is 2.60. The Kier molecular flexibility index (Phi) is 8.90. The number of nitrogens with zero attached hydrogens (tertiary/aromatic N) is 4. The van der Waals surface area contributed by atoms with Crippen molar-refractivity contribution in [2.75, 3.05) is 44.5 Å². The van der Waals surface area contributed by atoms with Gasteiger partial charge >= 0.3 is 0 Å². The van der Waals surface area contributed by atoms with E-state index in [0.717, 1.165) is 52.0 Å². The number of rotatable bonds is 7. The number of thioether (sulfide) groups is 1. The molecular weight excluding hydrogens is 584 g/mol. The van der Waals surface area contributed by atoms with E-state index in [0.29, 0.717) is 36.3 Å². The monoisotopic (exact) mass is 624 g/mol. The first-order chi connectivity index (χ1) is 21.8. The van der Waals surface area contributed by atoms with Crippen LogP contribution >= 0.6 is 11.8 Å². The second kappa shape index (κ2) is 13.0. The van der Waals surface area contributed by atoms with Crippen LogP contribution in [0.4, 0.5) is 5.82 Å². The summed E-state index contributed by atoms with van der Waals surface area (Å²) < 4.78 is 13.4. The quantitative estimate of drug-likeness (QED) is 0.231. The van der Waals surface area contributed by atoms with Gasteiger partial charge in [-0.05, 0) is 62.4 Å². The van der Waals surface area contributed by atoms with Crippen molar-refractivity contribution in [2.45, 2.75) is 38.9 Å². The van der Waals surface area contributed by atoms with Gasteiger partial charge in [-0.2, -0.15) is 5.10 Å². The summed E-state index contributed by atoms with van der Waals surface area (Å²) >= 11 is 1.52. The molecule has 0 radical (unpaired) electrons. The highest BCUT2D eigenvalue weighted by atomic mass is 32.2. The second-order valence-corrected chi connectivity index (χ2v) is 13.1. The first-order valence-corrected chi connectivity index (χ1v) is 16.5. The minimum atomic E-state index is -0.334. The predicted octanol–water partition coefficient (Wildman–Crippen LogP) is 6.60. The molecule has 3 aromatic carbocycles. The first-order valence-electron chi connectivity index (χ1n) is 15.5. The summed E-state index contributed by atoms with van der Waals surface area (Å²) in [5, 5.41) is 4.93. The van der Waals surface area contributed by atoms with Crippen molar-refractivity contribution in [3.63, 3.8) is 0 Å². The van der Waals surface area contributed by atoms with Crippen LogP contribution in [-0.2, 0) is 9.59 Å². The van der Waals surface area contributed by atoms with E-state index in [-0.39, 0.29) is 29.4 Å². The van der Waals surface area contributed by atoms with Crippen LogP contribution in [0.2, 0.25) is 0 Å². The van der Waals surface area contributed by atoms with Gasteiger partial charge in [-0.1, -0.05) is 55.0 Å². The zero-order valence-electron chi connectivity index (χ0n) is 26.6. The van der Waals surface area contributed by atoms with E-state index in [4.69, 9.17) is 14.6 Å². The molecule has 0 N–H and O–H groups in total. The van der Waals surface area contributed by atoms with Gasteiger partial charge in [0.2, 0.25) is 11.8 Å². The molecule has 0 spiro atoms. The van der Waals surface area contributed by atoms with E-state index in [1.807, 2.05) is 64.2 Å². The number of methoxy groups -OCH3 is 2. The van der Waals surface area contributed by atoms with Crippen molar-refractivity contribution in [3.8, 4) is 28.4 Å². The lowest BCUT2D eigenvalue weighted by Crippen LogP contribution is -2.46. The fourth-order valence-electron chi connectivity index (χ4n) is 6.32. The molecular formula is C36H40N4O4S. The van der Waals surface area contributed by atoms with Gasteiger partial charge in [0.1, 0.15) is 23.9 Å². The third-order valence-corrected chi connectivity index (χ3v) is 10.1. The number of aromatic nitrogens is 2. The average molecular weight is 625 g/mol. The van der Waals surface area contributed by atoms with E-state index in [9.17, 15) is 9.59 Å². The zero-order chi connectivity index (χ0) is 31.7. The molecule has 0 bridgehead atoms. The Hall–Kier alpha value is -4.24. The summed E-state index contributed by atoms with van der Waals surface area (Å²) in [7, 11) is 3.30. The van der Waals surface area contributed by atoms with Crippen molar-refractivity contribution in [1.82, 2.24) is 14.7 Å². The van der Waals surface area contributed by atoms with Crippen LogP contribution in [0.3, 0.4) is 0 Å². The molecule has 1 saturated heterocycles. The van der Waals surface area contributed by atoms with Gasteiger partial charge in [0.15, 0.2) is 0 Å². The van der Waals surface area contributed by atoms with Gasteiger partial charge in [0, 0.05) is 29.8 Å². The molecule has 1 atom stereocenters. The topological polar surface area (TPSA) is 76.9 Å². The highest BCUT2D eigenvalue weighted by Gasteiger charge is 2.39. The van der Waals surface area contributed by atoms with Crippen LogP contribution in [0.25, 0.3) is 16.9 Å². The minimum absolute atomic E-state index is 0.0433. The number of likely N-dealkylation sites (tertiary alicyclic amines) is 1. The van der Waals surface area contributed by atoms with E-state index in [1.54, 1.807) is 19.1 Å². The van der Waals surface area contributed by atoms with Crippen LogP contribution in [0.15, 0.2) is 66.7 Å². The number of carbonyl (C=O) groups is 2. The van der Waals surface area contributed by atoms with Crippen molar-refractivity contribution < 1.29 is 19.1 Å². The minimum Gasteiger partial charge on any atom is -0.497 e. The summed E-state index contributed by atoms with van der Waals surface area (Å²) in [4.78, 5) is 31.7. The largest absolute Gasteiger partial charge is 0.497 e. The number of amides is 2. The summed E-state index contributed by atoms with van der Waals surface area (Å²) in [6.07, 6.45) is 1.94. The molecule has 1 unspecified atom stereocenters. The molecule has 234 valence electrons. The molecule has 3 heterocycles. The van der Waals surface area contributed by atoms with E-state index >= 15 is 0 Å². The van der Waals surface area contributed by atoms with Crippen LogP contribution < -0.4 is 14.4 Å². The smallest absolute Gasteiger partial charge is 0.242 e. The van der Waals surface area contributed by atoms with Gasteiger partial charge < -0.3 is 14.4 Å². The number of ether oxygens (including phenoxy) is 2. The lowest BCUT2D eigenvalue weighted by atomic mass is 9.98. The Morgan fingerprint density at radius 3 is 2.42 bits per heavy atom. The lowest BCUT2D eigenvalue weighted by Gasteiger charge is -2.32. The van der Waals surface area contributed by atoms with E-state index < -0.39 is 0 Å². The normalized spacial score (nSPS) is 17.2. The number of anilines is 1. The van der Waals surface area contributed by atoms with Crippen molar-refractivity contribution in [2.24, 2.45) is 5.92 Å². The van der Waals surface area contributed by atoms with Crippen LogP contribution in [0.1, 0.15) is 47.3 Å². The highest BCUT2D eigenvalue weighted by molar-refractivity contribution is 8.00. The summed E-state index contributed by atoms with van der Waals surface area (Å²) in [5.41, 5.74) is 6.45. The molecule has 0 aliphatic carbocycles. The van der Waals surface area contributed by atoms with Crippen molar-refractivity contribution in [1.29, 1.82) is 0 Å². The molecule has 6 rings (SSSR count). The van der Waals surface area contributed by atoms with Crippen molar-refractivity contribution >= 4 is 29.4 Å². The predicted molar refractivity (Wildman–Crippen MR) is 180 cm³/mol. The molecule has 4 aromatic rings. The first kappa shape index (κ1) is 30.8. The number of aryl methyl sites for hydroxylation is 2. The third kappa shape index (κ3) is 6.06. The molecule has 2 aliphatic rings. The highest BCUT2D eigenvalue weighted by Crippen LogP contribution is 2.51. The van der Waals surface area contributed by atoms with Gasteiger partial charge in [0.25, 0.3) is 0 Å². The van der Waals surface area contributed by atoms with Gasteiger partial charge in [-0.25, -0.2) is 4.68 Å². The fraction of sp³-hybridized carbons (Fsp3) is 0.361. The zero-order valence-corrected chi connectivity index (χ0v) is 27.4. The summed E-state index contributed by atoms with van der Waals surface area (Å²) in [6, 6.07) is 22.0. The van der Waals surface area contributed by atoms with Crippen molar-refractivity contribution in [3.05, 3.63) is 89.0 Å². The molecule has 8 nitrogen and oxygen atoms in total.